The summed E-state index contributed by atoms with van der Waals surface area (Å²) in [5.74, 6) is 3.40. The van der Waals surface area contributed by atoms with Crippen molar-refractivity contribution in [3.8, 4) is 5.88 Å². The van der Waals surface area contributed by atoms with Crippen LogP contribution in [0.3, 0.4) is 0 Å². The topological polar surface area (TPSA) is 41.5 Å². The highest BCUT2D eigenvalue weighted by molar-refractivity contribution is 5.41. The van der Waals surface area contributed by atoms with Crippen molar-refractivity contribution in [1.29, 1.82) is 0 Å². The fourth-order valence-electron chi connectivity index (χ4n) is 4.28. The maximum Gasteiger partial charge on any atom is 0.218 e. The normalized spacial score (nSPS) is 23.7. The van der Waals surface area contributed by atoms with E-state index in [2.05, 4.69) is 40.5 Å². The second-order valence-corrected chi connectivity index (χ2v) is 8.59. The molecule has 0 amide bonds. The number of anilines is 1. The van der Waals surface area contributed by atoms with Crippen molar-refractivity contribution in [3.63, 3.8) is 0 Å². The average molecular weight is 332 g/mol. The van der Waals surface area contributed by atoms with E-state index in [4.69, 9.17) is 4.74 Å². The van der Waals surface area contributed by atoms with Gasteiger partial charge in [0.1, 0.15) is 12.1 Å². The molecule has 0 saturated carbocycles. The number of methoxy groups -OCH3 is 1. The van der Waals surface area contributed by atoms with Gasteiger partial charge in [0.25, 0.3) is 0 Å². The van der Waals surface area contributed by atoms with Crippen LogP contribution in [0.5, 0.6) is 5.88 Å². The van der Waals surface area contributed by atoms with Crippen LogP contribution in [0.2, 0.25) is 0 Å². The molecule has 1 aromatic heterocycles. The molecule has 2 aliphatic heterocycles. The Morgan fingerprint density at radius 3 is 2.46 bits per heavy atom. The Kier molecular flexibility index (Phi) is 5.28. The molecule has 0 N–H and O–H groups in total. The van der Waals surface area contributed by atoms with Crippen LogP contribution in [-0.4, -0.2) is 54.7 Å². The molecule has 5 heteroatoms. The lowest BCUT2D eigenvalue weighted by Crippen LogP contribution is -2.38. The molecule has 3 rings (SSSR count). The molecular formula is C19H32N4O. The largest absolute Gasteiger partial charge is 0.481 e. The summed E-state index contributed by atoms with van der Waals surface area (Å²) in [5, 5.41) is 0. The molecule has 2 saturated heterocycles. The van der Waals surface area contributed by atoms with Crippen molar-refractivity contribution in [3.05, 3.63) is 12.4 Å². The number of piperidine rings is 1. The molecule has 2 fully saturated rings. The summed E-state index contributed by atoms with van der Waals surface area (Å²) in [4.78, 5) is 13.6. The van der Waals surface area contributed by atoms with Gasteiger partial charge in [-0.25, -0.2) is 9.97 Å². The first-order chi connectivity index (χ1) is 11.4. The van der Waals surface area contributed by atoms with Gasteiger partial charge in [-0.15, -0.1) is 0 Å². The SMILES string of the molecule is COc1cc(N2CCC([C@@H]3CCN(CC(C)(C)C)C3)CC2)ncn1. The van der Waals surface area contributed by atoms with Crippen molar-refractivity contribution in [2.75, 3.05) is 44.7 Å². The summed E-state index contributed by atoms with van der Waals surface area (Å²) in [5.41, 5.74) is 0.407. The summed E-state index contributed by atoms with van der Waals surface area (Å²) >= 11 is 0. The summed E-state index contributed by atoms with van der Waals surface area (Å²) in [7, 11) is 1.65. The van der Waals surface area contributed by atoms with Gasteiger partial charge < -0.3 is 14.5 Å². The predicted octanol–water partition coefficient (Wildman–Crippen LogP) is 3.07. The van der Waals surface area contributed by atoms with Crippen LogP contribution in [-0.2, 0) is 0 Å². The van der Waals surface area contributed by atoms with Gasteiger partial charge >= 0.3 is 0 Å². The zero-order valence-electron chi connectivity index (χ0n) is 15.7. The van der Waals surface area contributed by atoms with E-state index in [1.54, 1.807) is 13.4 Å². The second kappa shape index (κ2) is 7.26. The van der Waals surface area contributed by atoms with Gasteiger partial charge in [0.15, 0.2) is 0 Å². The van der Waals surface area contributed by atoms with Crippen LogP contribution in [0.4, 0.5) is 5.82 Å². The van der Waals surface area contributed by atoms with E-state index in [-0.39, 0.29) is 0 Å². The van der Waals surface area contributed by atoms with Gasteiger partial charge in [-0.2, -0.15) is 0 Å². The van der Waals surface area contributed by atoms with E-state index in [0.717, 1.165) is 30.7 Å². The monoisotopic (exact) mass is 332 g/mol. The van der Waals surface area contributed by atoms with E-state index in [1.807, 2.05) is 6.07 Å². The Bertz CT molecular complexity index is 534. The van der Waals surface area contributed by atoms with Crippen molar-refractivity contribution < 1.29 is 4.74 Å². The number of rotatable bonds is 4. The van der Waals surface area contributed by atoms with Crippen LogP contribution in [0, 0.1) is 17.3 Å². The molecule has 0 aromatic carbocycles. The van der Waals surface area contributed by atoms with Crippen molar-refractivity contribution in [2.45, 2.75) is 40.0 Å². The number of aromatic nitrogens is 2. The molecular weight excluding hydrogens is 300 g/mol. The molecule has 1 aromatic rings. The Morgan fingerprint density at radius 1 is 1.08 bits per heavy atom. The van der Waals surface area contributed by atoms with E-state index in [9.17, 15) is 0 Å². The van der Waals surface area contributed by atoms with E-state index in [1.165, 1.54) is 38.9 Å². The van der Waals surface area contributed by atoms with E-state index in [0.29, 0.717) is 11.3 Å². The van der Waals surface area contributed by atoms with Crippen LogP contribution in [0.1, 0.15) is 40.0 Å². The predicted molar refractivity (Wildman–Crippen MR) is 97.5 cm³/mol. The van der Waals surface area contributed by atoms with Crippen molar-refractivity contribution >= 4 is 5.82 Å². The molecule has 5 nitrogen and oxygen atoms in total. The number of hydrogen-bond acceptors (Lipinski definition) is 5. The molecule has 0 radical (unpaired) electrons. The molecule has 0 aliphatic carbocycles. The third-order valence-corrected chi connectivity index (χ3v) is 5.37. The average Bonchev–Trinajstić information content (AvgIpc) is 3.01. The van der Waals surface area contributed by atoms with Gasteiger partial charge in [0.05, 0.1) is 7.11 Å². The molecule has 1 atom stereocenters. The summed E-state index contributed by atoms with van der Waals surface area (Å²) in [6.45, 7) is 13.0. The molecule has 3 heterocycles. The number of hydrogen-bond donors (Lipinski definition) is 0. The zero-order chi connectivity index (χ0) is 17.2. The summed E-state index contributed by atoms with van der Waals surface area (Å²) < 4.78 is 5.22. The highest BCUT2D eigenvalue weighted by atomic mass is 16.5. The molecule has 0 unspecified atom stereocenters. The first-order valence-electron chi connectivity index (χ1n) is 9.28. The highest BCUT2D eigenvalue weighted by Gasteiger charge is 2.33. The minimum Gasteiger partial charge on any atom is -0.481 e. The lowest BCUT2D eigenvalue weighted by atomic mass is 9.83. The van der Waals surface area contributed by atoms with Gasteiger partial charge in [-0.1, -0.05) is 20.8 Å². The third-order valence-electron chi connectivity index (χ3n) is 5.37. The minimum atomic E-state index is 0.407. The maximum atomic E-state index is 5.22. The smallest absolute Gasteiger partial charge is 0.218 e. The van der Waals surface area contributed by atoms with Gasteiger partial charge in [0, 0.05) is 32.2 Å². The van der Waals surface area contributed by atoms with E-state index >= 15 is 0 Å². The number of likely N-dealkylation sites (tertiary alicyclic amines) is 1. The Hall–Kier alpha value is -1.36. The molecule has 0 bridgehead atoms. The Morgan fingerprint density at radius 2 is 1.79 bits per heavy atom. The van der Waals surface area contributed by atoms with Crippen LogP contribution >= 0.6 is 0 Å². The van der Waals surface area contributed by atoms with Crippen LogP contribution < -0.4 is 9.64 Å². The molecule has 2 aliphatic rings. The first kappa shape index (κ1) is 17.5. The Labute approximate surface area is 146 Å². The lowest BCUT2D eigenvalue weighted by molar-refractivity contribution is 0.203. The Balaban J connectivity index is 1.50. The maximum absolute atomic E-state index is 5.22. The quantitative estimate of drug-likeness (QED) is 0.847. The summed E-state index contributed by atoms with van der Waals surface area (Å²) in [6.07, 6.45) is 5.53. The lowest BCUT2D eigenvalue weighted by Gasteiger charge is -2.35. The van der Waals surface area contributed by atoms with Crippen molar-refractivity contribution in [1.82, 2.24) is 14.9 Å². The first-order valence-corrected chi connectivity index (χ1v) is 9.28. The highest BCUT2D eigenvalue weighted by Crippen LogP contribution is 2.34. The second-order valence-electron chi connectivity index (χ2n) is 8.59. The molecule has 134 valence electrons. The standard InChI is InChI=1S/C19H32N4O/c1-19(2,3)13-22-8-5-16(12-22)15-6-9-23(10-7-15)17-11-18(24-4)21-14-20-17/h11,14-16H,5-10,12-13H2,1-4H3/t16-/m1/s1. The summed E-state index contributed by atoms with van der Waals surface area (Å²) in [6, 6.07) is 1.95. The third kappa shape index (κ3) is 4.38. The number of nitrogens with zero attached hydrogens (tertiary/aromatic N) is 4. The fraction of sp³-hybridized carbons (Fsp3) is 0.789. The van der Waals surface area contributed by atoms with E-state index < -0.39 is 0 Å². The molecule has 24 heavy (non-hydrogen) atoms. The van der Waals surface area contributed by atoms with Gasteiger partial charge in [0.2, 0.25) is 5.88 Å². The van der Waals surface area contributed by atoms with Crippen molar-refractivity contribution in [2.24, 2.45) is 17.3 Å². The van der Waals surface area contributed by atoms with Crippen LogP contribution in [0.25, 0.3) is 0 Å². The van der Waals surface area contributed by atoms with Gasteiger partial charge in [-0.3, -0.25) is 0 Å². The zero-order valence-corrected chi connectivity index (χ0v) is 15.7. The number of ether oxygens (including phenoxy) is 1. The molecule has 0 spiro atoms. The van der Waals surface area contributed by atoms with Crippen LogP contribution in [0.15, 0.2) is 12.4 Å². The minimum absolute atomic E-state index is 0.407. The fourth-order valence-corrected chi connectivity index (χ4v) is 4.28. The van der Waals surface area contributed by atoms with Gasteiger partial charge in [-0.05, 0) is 43.1 Å².